The number of nitrogens with zero attached hydrogens (tertiary/aromatic N) is 2. The van der Waals surface area contributed by atoms with Gasteiger partial charge in [0.05, 0.1) is 11.8 Å². The molecule has 4 nitrogen and oxygen atoms in total. The first-order valence-corrected chi connectivity index (χ1v) is 7.55. The molecule has 0 bridgehead atoms. The maximum absolute atomic E-state index is 13.1. The number of rotatable bonds is 6. The summed E-state index contributed by atoms with van der Waals surface area (Å²) in [4.78, 5) is 5.14. The van der Waals surface area contributed by atoms with Crippen molar-refractivity contribution in [2.24, 2.45) is 11.7 Å². The van der Waals surface area contributed by atoms with Gasteiger partial charge in [-0.1, -0.05) is 31.5 Å². The molecule has 2 N–H and O–H groups in total. The monoisotopic (exact) mass is 295 g/mol. The van der Waals surface area contributed by atoms with Gasteiger partial charge in [-0.25, -0.2) is 4.39 Å². The zero-order valence-corrected chi connectivity index (χ0v) is 12.4. The highest BCUT2D eigenvalue weighted by molar-refractivity contribution is 7.98. The van der Waals surface area contributed by atoms with Crippen LogP contribution >= 0.6 is 11.8 Å². The fourth-order valence-electron chi connectivity index (χ4n) is 1.66. The van der Waals surface area contributed by atoms with E-state index < -0.39 is 0 Å². The number of thioether (sulfide) groups is 1. The fraction of sp³-hybridized carbons (Fsp3) is 0.429. The van der Waals surface area contributed by atoms with Crippen molar-refractivity contribution < 1.29 is 8.91 Å². The van der Waals surface area contributed by atoms with E-state index in [0.717, 1.165) is 11.3 Å². The summed E-state index contributed by atoms with van der Waals surface area (Å²) < 4.78 is 18.2. The van der Waals surface area contributed by atoms with E-state index in [0.29, 0.717) is 23.4 Å². The standard InChI is InChI=1S/C14H18FN3OS/c1-3-9(2)13(16)14-17-12(18-19-14)8-20-11-6-4-5-10(15)7-11/h4-7,9,13H,3,8,16H2,1-2H3/t9-,13-/m0/s1. The normalized spacial score (nSPS) is 14.2. The minimum Gasteiger partial charge on any atom is -0.338 e. The van der Waals surface area contributed by atoms with Crippen molar-refractivity contribution in [3.63, 3.8) is 0 Å². The van der Waals surface area contributed by atoms with Gasteiger partial charge >= 0.3 is 0 Å². The van der Waals surface area contributed by atoms with E-state index in [1.807, 2.05) is 6.07 Å². The SMILES string of the molecule is CC[C@H](C)[C@H](N)c1nc(CSc2cccc(F)c2)no1. The van der Waals surface area contributed by atoms with Crippen LogP contribution < -0.4 is 5.73 Å². The molecule has 0 spiro atoms. The lowest BCUT2D eigenvalue weighted by Gasteiger charge is -2.12. The summed E-state index contributed by atoms with van der Waals surface area (Å²) in [6.45, 7) is 4.12. The molecular weight excluding hydrogens is 277 g/mol. The Bertz CT molecular complexity index is 561. The minimum atomic E-state index is -0.248. The molecule has 0 aliphatic heterocycles. The smallest absolute Gasteiger partial charge is 0.243 e. The zero-order valence-electron chi connectivity index (χ0n) is 11.5. The molecular formula is C14H18FN3OS. The van der Waals surface area contributed by atoms with Crippen molar-refractivity contribution in [1.29, 1.82) is 0 Å². The van der Waals surface area contributed by atoms with Gasteiger partial charge in [-0.15, -0.1) is 11.8 Å². The summed E-state index contributed by atoms with van der Waals surface area (Å²) >= 11 is 1.46. The van der Waals surface area contributed by atoms with Crippen LogP contribution in [0.1, 0.15) is 38.0 Å². The molecule has 108 valence electrons. The van der Waals surface area contributed by atoms with E-state index in [4.69, 9.17) is 10.3 Å². The van der Waals surface area contributed by atoms with Crippen LogP contribution in [-0.4, -0.2) is 10.1 Å². The summed E-state index contributed by atoms with van der Waals surface area (Å²) in [5, 5.41) is 3.91. The van der Waals surface area contributed by atoms with Crippen LogP contribution in [0.3, 0.4) is 0 Å². The molecule has 0 radical (unpaired) electrons. The van der Waals surface area contributed by atoms with Crippen LogP contribution in [-0.2, 0) is 5.75 Å². The molecule has 2 atom stereocenters. The second-order valence-corrected chi connectivity index (χ2v) is 5.75. The Balaban J connectivity index is 1.96. The molecule has 2 aromatic rings. The van der Waals surface area contributed by atoms with Gasteiger partial charge < -0.3 is 10.3 Å². The van der Waals surface area contributed by atoms with Gasteiger partial charge in [-0.3, -0.25) is 0 Å². The van der Waals surface area contributed by atoms with Crippen LogP contribution in [0.2, 0.25) is 0 Å². The molecule has 0 aliphatic rings. The highest BCUT2D eigenvalue weighted by atomic mass is 32.2. The molecule has 0 fully saturated rings. The van der Waals surface area contributed by atoms with E-state index in [9.17, 15) is 4.39 Å². The lowest BCUT2D eigenvalue weighted by molar-refractivity contribution is 0.311. The number of aromatic nitrogens is 2. The van der Waals surface area contributed by atoms with Crippen molar-refractivity contribution in [1.82, 2.24) is 10.1 Å². The van der Waals surface area contributed by atoms with Gasteiger partial charge in [-0.2, -0.15) is 4.98 Å². The quantitative estimate of drug-likeness (QED) is 0.826. The zero-order chi connectivity index (χ0) is 14.5. The van der Waals surface area contributed by atoms with Crippen LogP contribution in [0, 0.1) is 11.7 Å². The van der Waals surface area contributed by atoms with E-state index in [1.165, 1.54) is 23.9 Å². The molecule has 20 heavy (non-hydrogen) atoms. The number of hydrogen-bond acceptors (Lipinski definition) is 5. The Labute approximate surface area is 121 Å². The topological polar surface area (TPSA) is 64.9 Å². The van der Waals surface area contributed by atoms with Crippen molar-refractivity contribution >= 4 is 11.8 Å². The summed E-state index contributed by atoms with van der Waals surface area (Å²) in [5.41, 5.74) is 6.04. The molecule has 1 aromatic carbocycles. The third-order valence-electron chi connectivity index (χ3n) is 3.19. The Morgan fingerprint density at radius 2 is 2.25 bits per heavy atom. The number of hydrogen-bond donors (Lipinski definition) is 1. The first kappa shape index (κ1) is 15.0. The maximum Gasteiger partial charge on any atom is 0.243 e. The Kier molecular flexibility index (Phi) is 5.14. The third kappa shape index (κ3) is 3.80. The van der Waals surface area contributed by atoms with E-state index in [-0.39, 0.29) is 11.9 Å². The molecule has 0 saturated carbocycles. The van der Waals surface area contributed by atoms with Crippen LogP contribution in [0.25, 0.3) is 0 Å². The fourth-order valence-corrected chi connectivity index (χ4v) is 2.45. The van der Waals surface area contributed by atoms with Crippen LogP contribution in [0.15, 0.2) is 33.7 Å². The van der Waals surface area contributed by atoms with Crippen molar-refractivity contribution in [3.05, 3.63) is 41.8 Å². The van der Waals surface area contributed by atoms with Crippen molar-refractivity contribution in [2.45, 2.75) is 37.0 Å². The molecule has 1 heterocycles. The predicted molar refractivity (Wildman–Crippen MR) is 76.6 cm³/mol. The minimum absolute atomic E-state index is 0.236. The van der Waals surface area contributed by atoms with Gasteiger partial charge in [0, 0.05) is 4.90 Å². The maximum atomic E-state index is 13.1. The molecule has 1 aromatic heterocycles. The number of benzene rings is 1. The molecule has 0 aliphatic carbocycles. The largest absolute Gasteiger partial charge is 0.338 e. The van der Waals surface area contributed by atoms with Gasteiger partial charge in [-0.05, 0) is 24.1 Å². The average molecular weight is 295 g/mol. The van der Waals surface area contributed by atoms with Crippen molar-refractivity contribution in [2.75, 3.05) is 0 Å². The van der Waals surface area contributed by atoms with Crippen LogP contribution in [0.5, 0.6) is 0 Å². The average Bonchev–Trinajstić information content (AvgIpc) is 2.92. The third-order valence-corrected chi connectivity index (χ3v) is 4.18. The molecule has 6 heteroatoms. The highest BCUT2D eigenvalue weighted by Crippen LogP contribution is 2.24. The van der Waals surface area contributed by atoms with Crippen molar-refractivity contribution in [3.8, 4) is 0 Å². The summed E-state index contributed by atoms with van der Waals surface area (Å²) in [6.07, 6.45) is 0.955. The Morgan fingerprint density at radius 3 is 2.95 bits per heavy atom. The van der Waals surface area contributed by atoms with E-state index in [1.54, 1.807) is 6.07 Å². The second-order valence-electron chi connectivity index (χ2n) is 4.71. The van der Waals surface area contributed by atoms with E-state index in [2.05, 4.69) is 24.0 Å². The summed E-state index contributed by atoms with van der Waals surface area (Å²) in [5.74, 6) is 1.61. The molecule has 0 amide bonds. The molecule has 2 rings (SSSR count). The second kappa shape index (κ2) is 6.85. The lowest BCUT2D eigenvalue weighted by atomic mass is 10.0. The number of halogens is 1. The Morgan fingerprint density at radius 1 is 1.45 bits per heavy atom. The van der Waals surface area contributed by atoms with Gasteiger partial charge in [0.15, 0.2) is 5.82 Å². The van der Waals surface area contributed by atoms with Gasteiger partial charge in [0.25, 0.3) is 0 Å². The number of nitrogens with two attached hydrogens (primary N) is 1. The first-order valence-electron chi connectivity index (χ1n) is 6.56. The lowest BCUT2D eigenvalue weighted by Crippen LogP contribution is -2.18. The summed E-state index contributed by atoms with van der Waals surface area (Å²) in [6, 6.07) is 6.19. The highest BCUT2D eigenvalue weighted by Gasteiger charge is 2.19. The predicted octanol–water partition coefficient (Wildman–Crippen LogP) is 3.55. The molecule has 0 unspecified atom stereocenters. The van der Waals surface area contributed by atoms with Gasteiger partial charge in [0.1, 0.15) is 5.82 Å². The van der Waals surface area contributed by atoms with E-state index >= 15 is 0 Å². The summed E-state index contributed by atoms with van der Waals surface area (Å²) in [7, 11) is 0. The van der Waals surface area contributed by atoms with Crippen LogP contribution in [0.4, 0.5) is 4.39 Å². The van der Waals surface area contributed by atoms with Gasteiger partial charge in [0.2, 0.25) is 5.89 Å². The first-order chi connectivity index (χ1) is 9.60. The molecule has 0 saturated heterocycles. The Hall–Kier alpha value is -1.40.